The van der Waals surface area contributed by atoms with Crippen molar-refractivity contribution in [3.05, 3.63) is 42.2 Å². The molecule has 4 aromatic rings. The number of nitrogens with zero attached hydrogens (tertiary/aromatic N) is 6. The summed E-state index contributed by atoms with van der Waals surface area (Å²) >= 11 is 0. The Morgan fingerprint density at radius 2 is 2.17 bits per heavy atom. The van der Waals surface area contributed by atoms with E-state index in [9.17, 15) is 9.90 Å². The van der Waals surface area contributed by atoms with Crippen LogP contribution in [0.15, 0.2) is 41.1 Å². The highest BCUT2D eigenvalue weighted by atomic mass is 16.4. The Morgan fingerprint density at radius 3 is 2.94 bits per heavy atom. The SMILES string of the molecule is Cn1cc(-c2cccc(NC(=O)c3cc4oc(NCCO)nc4nc3N3CCCC(O)C3)n2)cn1. The van der Waals surface area contributed by atoms with Gasteiger partial charge in [-0.3, -0.25) is 9.48 Å². The first-order valence-corrected chi connectivity index (χ1v) is 11.4. The Hall–Kier alpha value is -4.03. The van der Waals surface area contributed by atoms with Crippen molar-refractivity contribution in [2.45, 2.75) is 18.9 Å². The van der Waals surface area contributed by atoms with Crippen molar-refractivity contribution in [2.24, 2.45) is 7.05 Å². The largest absolute Gasteiger partial charge is 0.422 e. The van der Waals surface area contributed by atoms with Crippen LogP contribution in [0.5, 0.6) is 0 Å². The number of oxazole rings is 1. The van der Waals surface area contributed by atoms with E-state index in [-0.39, 0.29) is 24.7 Å². The lowest BCUT2D eigenvalue weighted by Gasteiger charge is -2.31. The zero-order valence-electron chi connectivity index (χ0n) is 19.2. The second kappa shape index (κ2) is 9.68. The van der Waals surface area contributed by atoms with E-state index in [0.717, 1.165) is 12.0 Å². The number of aliphatic hydroxyl groups is 2. The third-order valence-electron chi connectivity index (χ3n) is 5.68. The third-order valence-corrected chi connectivity index (χ3v) is 5.68. The number of carbonyl (C=O) groups is 1. The topological polar surface area (TPSA) is 154 Å². The number of fused-ring (bicyclic) bond motifs is 1. The molecule has 5 heterocycles. The highest BCUT2D eigenvalue weighted by molar-refractivity contribution is 6.08. The molecule has 0 saturated carbocycles. The Labute approximate surface area is 200 Å². The summed E-state index contributed by atoms with van der Waals surface area (Å²) in [5.41, 5.74) is 2.45. The second-order valence-corrected chi connectivity index (χ2v) is 8.36. The van der Waals surface area contributed by atoms with Gasteiger partial charge in [0.25, 0.3) is 11.9 Å². The van der Waals surface area contributed by atoms with Crippen LogP contribution in [-0.4, -0.2) is 73.2 Å². The van der Waals surface area contributed by atoms with E-state index in [1.54, 1.807) is 23.0 Å². The third kappa shape index (κ3) is 4.93. The standard InChI is InChI=1S/C23H26N8O4/c1-30-12-14(11-25-30)17-5-2-6-19(26-17)27-22(34)16-10-18-20(29-23(35-18)24-7-9-32)28-21(16)31-8-3-4-15(33)13-31/h2,5-6,10-12,15,32-33H,3-4,7-9,13H2,1H3,(H,24,28,29)(H,26,27,34). The molecule has 4 aromatic heterocycles. The number of piperidine rings is 1. The van der Waals surface area contributed by atoms with Crippen LogP contribution < -0.4 is 15.5 Å². The molecule has 0 spiro atoms. The van der Waals surface area contributed by atoms with Crippen LogP contribution in [-0.2, 0) is 7.05 Å². The van der Waals surface area contributed by atoms with E-state index >= 15 is 0 Å². The molecule has 0 aromatic carbocycles. The van der Waals surface area contributed by atoms with Crippen molar-refractivity contribution in [2.75, 3.05) is 41.8 Å². The smallest absolute Gasteiger partial charge is 0.297 e. The van der Waals surface area contributed by atoms with Crippen LogP contribution in [0.25, 0.3) is 22.5 Å². The molecule has 0 bridgehead atoms. The fourth-order valence-corrected chi connectivity index (χ4v) is 4.05. The molecular weight excluding hydrogens is 452 g/mol. The van der Waals surface area contributed by atoms with Gasteiger partial charge in [-0.1, -0.05) is 6.07 Å². The average molecular weight is 479 g/mol. The number of aliphatic hydroxyl groups excluding tert-OH is 2. The molecule has 12 heteroatoms. The number of hydrogen-bond donors (Lipinski definition) is 4. The molecule has 1 atom stereocenters. The fourth-order valence-electron chi connectivity index (χ4n) is 4.05. The summed E-state index contributed by atoms with van der Waals surface area (Å²) < 4.78 is 7.37. The van der Waals surface area contributed by atoms with Crippen LogP contribution in [0, 0.1) is 0 Å². The minimum Gasteiger partial charge on any atom is -0.422 e. The van der Waals surface area contributed by atoms with Crippen LogP contribution in [0.3, 0.4) is 0 Å². The maximum Gasteiger partial charge on any atom is 0.297 e. The number of pyridine rings is 2. The van der Waals surface area contributed by atoms with Crippen molar-refractivity contribution >= 4 is 34.8 Å². The van der Waals surface area contributed by atoms with Crippen LogP contribution >= 0.6 is 0 Å². The van der Waals surface area contributed by atoms with Gasteiger partial charge in [-0.25, -0.2) is 9.97 Å². The molecule has 4 N–H and O–H groups in total. The lowest BCUT2D eigenvalue weighted by molar-refractivity contribution is 0.102. The number of hydrogen-bond acceptors (Lipinski definition) is 10. The summed E-state index contributed by atoms with van der Waals surface area (Å²) in [7, 11) is 1.82. The van der Waals surface area contributed by atoms with Gasteiger partial charge in [0.15, 0.2) is 5.58 Å². The number of aromatic nitrogens is 5. The van der Waals surface area contributed by atoms with E-state index in [0.29, 0.717) is 48.1 Å². The Kier molecular flexibility index (Phi) is 6.29. The van der Waals surface area contributed by atoms with Crippen LogP contribution in [0.1, 0.15) is 23.2 Å². The first-order chi connectivity index (χ1) is 17.0. The van der Waals surface area contributed by atoms with Crippen molar-refractivity contribution < 1.29 is 19.4 Å². The molecule has 35 heavy (non-hydrogen) atoms. The highest BCUT2D eigenvalue weighted by Crippen LogP contribution is 2.29. The van der Waals surface area contributed by atoms with Gasteiger partial charge < -0.3 is 30.2 Å². The molecule has 1 aliphatic heterocycles. The zero-order valence-corrected chi connectivity index (χ0v) is 19.2. The van der Waals surface area contributed by atoms with Crippen molar-refractivity contribution in [3.8, 4) is 11.3 Å². The molecule has 1 aliphatic rings. The van der Waals surface area contributed by atoms with Gasteiger partial charge in [0, 0.05) is 44.5 Å². The normalized spacial score (nSPS) is 16.0. The van der Waals surface area contributed by atoms with Gasteiger partial charge >= 0.3 is 0 Å². The summed E-state index contributed by atoms with van der Waals surface area (Å²) in [6, 6.07) is 7.16. The Morgan fingerprint density at radius 1 is 1.29 bits per heavy atom. The van der Waals surface area contributed by atoms with Gasteiger partial charge in [-0.2, -0.15) is 10.1 Å². The molecule has 1 amide bonds. The molecule has 1 fully saturated rings. The number of nitrogens with one attached hydrogen (secondary N) is 2. The van der Waals surface area contributed by atoms with Crippen LogP contribution in [0.4, 0.5) is 17.7 Å². The van der Waals surface area contributed by atoms with Gasteiger partial charge in [-0.15, -0.1) is 0 Å². The molecule has 0 radical (unpaired) electrons. The van der Waals surface area contributed by atoms with Crippen molar-refractivity contribution in [1.29, 1.82) is 0 Å². The van der Waals surface area contributed by atoms with E-state index in [2.05, 4.69) is 30.7 Å². The lowest BCUT2D eigenvalue weighted by atomic mass is 10.1. The predicted molar refractivity (Wildman–Crippen MR) is 129 cm³/mol. The summed E-state index contributed by atoms with van der Waals surface area (Å²) in [6.45, 7) is 1.20. The van der Waals surface area contributed by atoms with E-state index in [1.165, 1.54) is 0 Å². The molecular formula is C23H26N8O4. The van der Waals surface area contributed by atoms with Crippen LogP contribution in [0.2, 0.25) is 0 Å². The van der Waals surface area contributed by atoms with Gasteiger partial charge in [0.2, 0.25) is 5.65 Å². The summed E-state index contributed by atoms with van der Waals surface area (Å²) in [5, 5.41) is 29.1. The number of aryl methyl sites for hydroxylation is 1. The second-order valence-electron chi connectivity index (χ2n) is 8.36. The van der Waals surface area contributed by atoms with Gasteiger partial charge in [0.05, 0.1) is 30.2 Å². The molecule has 0 aliphatic carbocycles. The molecule has 1 saturated heterocycles. The Bertz CT molecular complexity index is 1350. The minimum atomic E-state index is -0.505. The number of anilines is 3. The lowest BCUT2D eigenvalue weighted by Crippen LogP contribution is -2.39. The monoisotopic (exact) mass is 478 g/mol. The fraction of sp³-hybridized carbons (Fsp3) is 0.348. The summed E-state index contributed by atoms with van der Waals surface area (Å²) in [5.74, 6) is 0.384. The maximum absolute atomic E-state index is 13.4. The maximum atomic E-state index is 13.4. The summed E-state index contributed by atoms with van der Waals surface area (Å²) in [6.07, 6.45) is 4.52. The molecule has 182 valence electrons. The highest BCUT2D eigenvalue weighted by Gasteiger charge is 2.26. The van der Waals surface area contributed by atoms with Crippen molar-refractivity contribution in [3.63, 3.8) is 0 Å². The van der Waals surface area contributed by atoms with E-state index < -0.39 is 12.0 Å². The molecule has 12 nitrogen and oxygen atoms in total. The Balaban J connectivity index is 1.48. The number of rotatable bonds is 7. The number of amides is 1. The first-order valence-electron chi connectivity index (χ1n) is 11.4. The average Bonchev–Trinajstić information content (AvgIpc) is 3.47. The quantitative estimate of drug-likeness (QED) is 0.308. The predicted octanol–water partition coefficient (Wildman–Crippen LogP) is 1.64. The number of β-amino-alcohol motifs (C(OH)–C–C–N with tert-alkyl or cyclic N) is 1. The first kappa shape index (κ1) is 22.7. The van der Waals surface area contributed by atoms with Gasteiger partial charge in [0.1, 0.15) is 11.6 Å². The van der Waals surface area contributed by atoms with E-state index in [1.807, 2.05) is 30.3 Å². The van der Waals surface area contributed by atoms with Gasteiger partial charge in [-0.05, 0) is 25.0 Å². The minimum absolute atomic E-state index is 0.0815. The summed E-state index contributed by atoms with van der Waals surface area (Å²) in [4.78, 5) is 28.8. The zero-order chi connectivity index (χ0) is 24.4. The molecule has 1 unspecified atom stereocenters. The molecule has 5 rings (SSSR count). The number of carbonyl (C=O) groups excluding carboxylic acids is 1. The van der Waals surface area contributed by atoms with Crippen molar-refractivity contribution in [1.82, 2.24) is 24.7 Å². The van der Waals surface area contributed by atoms with E-state index in [4.69, 9.17) is 9.52 Å².